The Morgan fingerprint density at radius 3 is 2.74 bits per heavy atom. The summed E-state index contributed by atoms with van der Waals surface area (Å²) in [5.74, 6) is -1.08. The molecule has 0 aliphatic heterocycles. The lowest BCUT2D eigenvalue weighted by atomic mass is 10.3. The lowest BCUT2D eigenvalue weighted by molar-refractivity contribution is -0.139. The second-order valence-corrected chi connectivity index (χ2v) is 4.30. The molecule has 6 heteroatoms. The maximum Gasteiger partial charge on any atom is 0.312 e. The summed E-state index contributed by atoms with van der Waals surface area (Å²) in [4.78, 5) is 23.7. The molecule has 0 radical (unpaired) electrons. The van der Waals surface area contributed by atoms with Crippen LogP contribution in [-0.2, 0) is 9.59 Å². The highest BCUT2D eigenvalue weighted by molar-refractivity contribution is 6.01. The van der Waals surface area contributed by atoms with Gasteiger partial charge >= 0.3 is 5.97 Å². The number of aliphatic carboxylic acids is 1. The van der Waals surface area contributed by atoms with Gasteiger partial charge in [0.25, 0.3) is 0 Å². The summed E-state index contributed by atoms with van der Waals surface area (Å²) in [6.07, 6.45) is -0.550. The number of nitrogens with zero attached hydrogens (tertiary/aromatic N) is 1. The fourth-order valence-corrected chi connectivity index (χ4v) is 1.35. The Morgan fingerprint density at radius 2 is 2.11 bits per heavy atom. The Bertz CT molecular complexity index is 446. The Morgan fingerprint density at radius 1 is 1.37 bits per heavy atom. The van der Waals surface area contributed by atoms with Gasteiger partial charge in [-0.05, 0) is 26.2 Å². The number of rotatable bonds is 7. The maximum absolute atomic E-state index is 11.3. The minimum Gasteiger partial charge on any atom is -0.492 e. The third-order valence-corrected chi connectivity index (χ3v) is 2.24. The van der Waals surface area contributed by atoms with Crippen LogP contribution in [0.25, 0.3) is 0 Å². The molecule has 0 atom stereocenters. The highest BCUT2D eigenvalue weighted by Gasteiger charge is 2.08. The predicted octanol–water partition coefficient (Wildman–Crippen LogP) is 1.04. The fourth-order valence-electron chi connectivity index (χ4n) is 1.35. The number of hydrogen-bond acceptors (Lipinski definition) is 4. The van der Waals surface area contributed by atoms with Crippen molar-refractivity contribution in [3.63, 3.8) is 0 Å². The summed E-state index contributed by atoms with van der Waals surface area (Å²) in [5, 5.41) is 11.0. The van der Waals surface area contributed by atoms with Gasteiger partial charge in [-0.2, -0.15) is 0 Å². The van der Waals surface area contributed by atoms with E-state index in [1.54, 1.807) is 24.3 Å². The monoisotopic (exact) mass is 266 g/mol. The average Bonchev–Trinajstić information content (AvgIpc) is 2.27. The van der Waals surface area contributed by atoms with Crippen LogP contribution in [0.5, 0.6) is 5.75 Å². The van der Waals surface area contributed by atoms with Crippen LogP contribution in [0, 0.1) is 0 Å². The van der Waals surface area contributed by atoms with Gasteiger partial charge in [0.2, 0.25) is 5.91 Å². The minimum atomic E-state index is -1.16. The van der Waals surface area contributed by atoms with Crippen LogP contribution in [-0.4, -0.2) is 49.1 Å². The summed E-state index contributed by atoms with van der Waals surface area (Å²) in [5.41, 5.74) is 0.522. The maximum atomic E-state index is 11.3. The van der Waals surface area contributed by atoms with Gasteiger partial charge < -0.3 is 20.1 Å². The third-order valence-electron chi connectivity index (χ3n) is 2.24. The van der Waals surface area contributed by atoms with Gasteiger partial charge in [0.15, 0.2) is 0 Å². The van der Waals surface area contributed by atoms with E-state index in [4.69, 9.17) is 9.84 Å². The van der Waals surface area contributed by atoms with Crippen molar-refractivity contribution in [2.24, 2.45) is 0 Å². The highest BCUT2D eigenvalue weighted by atomic mass is 16.5. The lowest BCUT2D eigenvalue weighted by Crippen LogP contribution is -2.19. The predicted molar refractivity (Wildman–Crippen MR) is 71.4 cm³/mol. The highest BCUT2D eigenvalue weighted by Crippen LogP contribution is 2.17. The number of carbonyl (C=O) groups is 2. The molecule has 0 aromatic heterocycles. The van der Waals surface area contributed by atoms with E-state index in [1.807, 2.05) is 19.0 Å². The summed E-state index contributed by atoms with van der Waals surface area (Å²) >= 11 is 0. The van der Waals surface area contributed by atoms with E-state index in [9.17, 15) is 9.59 Å². The molecule has 0 aliphatic carbocycles. The molecular weight excluding hydrogens is 248 g/mol. The van der Waals surface area contributed by atoms with Crippen molar-refractivity contribution >= 4 is 17.6 Å². The molecule has 0 unspecified atom stereocenters. The first-order valence-electron chi connectivity index (χ1n) is 5.86. The number of carboxylic acid groups (broad SMARTS) is 1. The summed E-state index contributed by atoms with van der Waals surface area (Å²) in [6.45, 7) is 1.33. The van der Waals surface area contributed by atoms with Crippen molar-refractivity contribution in [1.82, 2.24) is 4.90 Å². The van der Waals surface area contributed by atoms with Gasteiger partial charge in [-0.3, -0.25) is 9.59 Å². The fraction of sp³-hybridized carbons (Fsp3) is 0.385. The van der Waals surface area contributed by atoms with Crippen LogP contribution >= 0.6 is 0 Å². The van der Waals surface area contributed by atoms with Crippen molar-refractivity contribution in [3.8, 4) is 5.75 Å². The molecule has 0 saturated carbocycles. The molecule has 1 rings (SSSR count). The van der Waals surface area contributed by atoms with Gasteiger partial charge in [-0.15, -0.1) is 0 Å². The molecule has 0 heterocycles. The summed E-state index contributed by atoms with van der Waals surface area (Å²) in [7, 11) is 3.90. The average molecular weight is 266 g/mol. The molecule has 0 aliphatic rings. The van der Waals surface area contributed by atoms with Crippen LogP contribution in [0.4, 0.5) is 5.69 Å². The summed E-state index contributed by atoms with van der Waals surface area (Å²) < 4.78 is 5.51. The first kappa shape index (κ1) is 15.0. The molecule has 0 saturated heterocycles. The number of nitrogens with one attached hydrogen (secondary N) is 1. The van der Waals surface area contributed by atoms with Gasteiger partial charge in [0.1, 0.15) is 18.8 Å². The molecule has 1 amide bonds. The Balaban J connectivity index is 2.52. The number of carbonyl (C=O) groups excluding carboxylic acids is 1. The van der Waals surface area contributed by atoms with Crippen LogP contribution in [0.3, 0.4) is 0 Å². The number of amides is 1. The molecule has 0 spiro atoms. The molecule has 104 valence electrons. The van der Waals surface area contributed by atoms with Crippen molar-refractivity contribution in [3.05, 3.63) is 24.3 Å². The molecule has 1 aromatic rings. The van der Waals surface area contributed by atoms with Crippen LogP contribution in [0.15, 0.2) is 24.3 Å². The zero-order valence-electron chi connectivity index (χ0n) is 11.0. The SMILES string of the molecule is CN(C)CCOc1cccc(NC(=O)CC(=O)O)c1. The molecule has 19 heavy (non-hydrogen) atoms. The number of ether oxygens (including phenoxy) is 1. The quantitative estimate of drug-likeness (QED) is 0.721. The first-order chi connectivity index (χ1) is 8.97. The second kappa shape index (κ2) is 7.38. The van der Waals surface area contributed by atoms with Gasteiger partial charge in [-0.25, -0.2) is 0 Å². The minimum absolute atomic E-state index is 0.522. The molecule has 6 nitrogen and oxygen atoms in total. The molecule has 0 bridgehead atoms. The number of carboxylic acids is 1. The van der Waals surface area contributed by atoms with Crippen LogP contribution in [0.1, 0.15) is 6.42 Å². The number of hydrogen-bond donors (Lipinski definition) is 2. The number of likely N-dealkylation sites (N-methyl/N-ethyl adjacent to an activating group) is 1. The molecule has 0 fully saturated rings. The van der Waals surface area contributed by atoms with E-state index < -0.39 is 18.3 Å². The van der Waals surface area contributed by atoms with Crippen LogP contribution in [0.2, 0.25) is 0 Å². The first-order valence-corrected chi connectivity index (χ1v) is 5.86. The normalized spacial score (nSPS) is 10.3. The molecular formula is C13H18N2O4. The van der Waals surface area contributed by atoms with E-state index in [-0.39, 0.29) is 0 Å². The standard InChI is InChI=1S/C13H18N2O4/c1-15(2)6-7-19-11-5-3-4-10(8-11)14-12(16)9-13(17)18/h3-5,8H,6-7,9H2,1-2H3,(H,14,16)(H,17,18). The Kier molecular flexibility index (Phi) is 5.81. The lowest BCUT2D eigenvalue weighted by Gasteiger charge is -2.12. The van der Waals surface area contributed by atoms with Crippen molar-refractivity contribution in [1.29, 1.82) is 0 Å². The van der Waals surface area contributed by atoms with Gasteiger partial charge in [0.05, 0.1) is 0 Å². The van der Waals surface area contributed by atoms with Crippen molar-refractivity contribution in [2.75, 3.05) is 32.6 Å². The Labute approximate surface area is 112 Å². The largest absolute Gasteiger partial charge is 0.492 e. The van der Waals surface area contributed by atoms with Crippen molar-refractivity contribution < 1.29 is 19.4 Å². The van der Waals surface area contributed by atoms with E-state index in [1.165, 1.54) is 0 Å². The zero-order valence-corrected chi connectivity index (χ0v) is 11.0. The Hall–Kier alpha value is -2.08. The number of benzene rings is 1. The van der Waals surface area contributed by atoms with Gasteiger partial charge in [-0.1, -0.05) is 6.07 Å². The zero-order chi connectivity index (χ0) is 14.3. The van der Waals surface area contributed by atoms with Gasteiger partial charge in [0, 0.05) is 18.3 Å². The summed E-state index contributed by atoms with van der Waals surface area (Å²) in [6, 6.07) is 6.86. The van der Waals surface area contributed by atoms with E-state index in [0.717, 1.165) is 6.54 Å². The van der Waals surface area contributed by atoms with E-state index >= 15 is 0 Å². The third kappa shape index (κ3) is 6.42. The smallest absolute Gasteiger partial charge is 0.312 e. The topological polar surface area (TPSA) is 78.9 Å². The second-order valence-electron chi connectivity index (χ2n) is 4.30. The molecule has 1 aromatic carbocycles. The van der Waals surface area contributed by atoms with E-state index in [0.29, 0.717) is 18.0 Å². The van der Waals surface area contributed by atoms with Crippen molar-refractivity contribution in [2.45, 2.75) is 6.42 Å². The molecule has 2 N–H and O–H groups in total. The van der Waals surface area contributed by atoms with Crippen LogP contribution < -0.4 is 10.1 Å². The van der Waals surface area contributed by atoms with E-state index in [2.05, 4.69) is 5.32 Å². The number of anilines is 1.